The van der Waals surface area contributed by atoms with Crippen molar-refractivity contribution in [2.24, 2.45) is 5.92 Å². The maximum absolute atomic E-state index is 12.2. The second-order valence-electron chi connectivity index (χ2n) is 6.48. The molecule has 0 saturated carbocycles. The van der Waals surface area contributed by atoms with E-state index in [0.29, 0.717) is 26.1 Å². The molecule has 1 fully saturated rings. The first kappa shape index (κ1) is 17.0. The zero-order valence-electron chi connectivity index (χ0n) is 14.4. The minimum absolute atomic E-state index is 0.148. The minimum Gasteiger partial charge on any atom is -0.338 e. The molecule has 0 radical (unpaired) electrons. The van der Waals surface area contributed by atoms with Gasteiger partial charge in [0.25, 0.3) is 0 Å². The molecule has 1 heterocycles. The molecule has 0 aromatic heterocycles. The molecule has 3 amide bonds. The van der Waals surface area contributed by atoms with E-state index in [9.17, 15) is 9.59 Å². The number of nitrogens with one attached hydrogen (secondary N) is 2. The Labute approximate surface area is 148 Å². The molecule has 0 bridgehead atoms. The van der Waals surface area contributed by atoms with E-state index in [4.69, 9.17) is 0 Å². The van der Waals surface area contributed by atoms with E-state index in [1.807, 2.05) is 66.4 Å². The van der Waals surface area contributed by atoms with Crippen molar-refractivity contribution in [3.63, 3.8) is 0 Å². The summed E-state index contributed by atoms with van der Waals surface area (Å²) >= 11 is 0. The van der Waals surface area contributed by atoms with Crippen LogP contribution in [0.2, 0.25) is 0 Å². The van der Waals surface area contributed by atoms with Crippen molar-refractivity contribution in [2.75, 3.05) is 18.4 Å². The highest BCUT2D eigenvalue weighted by molar-refractivity contribution is 5.90. The first-order chi connectivity index (χ1) is 12.1. The largest absolute Gasteiger partial charge is 0.338 e. The Morgan fingerprint density at radius 2 is 1.84 bits per heavy atom. The van der Waals surface area contributed by atoms with E-state index in [0.717, 1.165) is 16.8 Å². The van der Waals surface area contributed by atoms with E-state index in [-0.39, 0.29) is 17.9 Å². The molecule has 2 aromatic rings. The predicted octanol–water partition coefficient (Wildman–Crippen LogP) is 3.17. The smallest absolute Gasteiger partial charge is 0.319 e. The summed E-state index contributed by atoms with van der Waals surface area (Å²) in [5.74, 6) is 0.300. The summed E-state index contributed by atoms with van der Waals surface area (Å²) in [6.07, 6.45) is 0.484. The third-order valence-electron chi connectivity index (χ3n) is 4.46. The Morgan fingerprint density at radius 1 is 1.12 bits per heavy atom. The standard InChI is InChI=1S/C20H23N3O2/c1-15-7-5-6-10-18(15)22-20(25)21-12-17-11-19(24)23(14-17)13-16-8-3-2-4-9-16/h2-10,17H,11-14H2,1H3,(H2,21,22,25). The number of para-hydroxylation sites is 1. The lowest BCUT2D eigenvalue weighted by atomic mass is 10.1. The van der Waals surface area contributed by atoms with Crippen LogP contribution in [0.3, 0.4) is 0 Å². The number of amides is 3. The van der Waals surface area contributed by atoms with Gasteiger partial charge in [-0.2, -0.15) is 0 Å². The minimum atomic E-state index is -0.233. The molecule has 2 aromatic carbocycles. The molecule has 1 aliphatic rings. The molecule has 3 rings (SSSR count). The summed E-state index contributed by atoms with van der Waals surface area (Å²) in [5.41, 5.74) is 2.94. The van der Waals surface area contributed by atoms with Gasteiger partial charge in [0.2, 0.25) is 5.91 Å². The van der Waals surface area contributed by atoms with Gasteiger partial charge >= 0.3 is 6.03 Å². The average Bonchev–Trinajstić information content (AvgIpc) is 2.96. The van der Waals surface area contributed by atoms with Gasteiger partial charge in [-0.25, -0.2) is 4.79 Å². The molecule has 0 spiro atoms. The van der Waals surface area contributed by atoms with Crippen LogP contribution in [-0.2, 0) is 11.3 Å². The van der Waals surface area contributed by atoms with Crippen LogP contribution in [0, 0.1) is 12.8 Å². The zero-order valence-corrected chi connectivity index (χ0v) is 14.4. The Bertz CT molecular complexity index is 746. The number of anilines is 1. The lowest BCUT2D eigenvalue weighted by Gasteiger charge is -2.17. The topological polar surface area (TPSA) is 61.4 Å². The summed E-state index contributed by atoms with van der Waals surface area (Å²) in [5, 5.41) is 5.72. The second kappa shape index (κ2) is 7.83. The Balaban J connectivity index is 1.47. The number of urea groups is 1. The summed E-state index contributed by atoms with van der Waals surface area (Å²) in [7, 11) is 0. The molecule has 1 saturated heterocycles. The molecule has 130 valence electrons. The number of benzene rings is 2. The quantitative estimate of drug-likeness (QED) is 0.880. The van der Waals surface area contributed by atoms with Crippen LogP contribution in [0.5, 0.6) is 0 Å². The molecule has 5 heteroatoms. The fourth-order valence-corrected chi connectivity index (χ4v) is 3.06. The molecule has 25 heavy (non-hydrogen) atoms. The van der Waals surface area contributed by atoms with Gasteiger partial charge in [0.05, 0.1) is 0 Å². The molecular formula is C20H23N3O2. The number of nitrogens with zero attached hydrogens (tertiary/aromatic N) is 1. The fourth-order valence-electron chi connectivity index (χ4n) is 3.06. The zero-order chi connectivity index (χ0) is 17.6. The molecule has 2 N–H and O–H groups in total. The van der Waals surface area contributed by atoms with E-state index in [2.05, 4.69) is 10.6 Å². The van der Waals surface area contributed by atoms with Crippen molar-refractivity contribution in [3.05, 3.63) is 65.7 Å². The SMILES string of the molecule is Cc1ccccc1NC(=O)NCC1CC(=O)N(Cc2ccccc2)C1. The number of hydrogen-bond acceptors (Lipinski definition) is 2. The van der Waals surface area contributed by atoms with Crippen LogP contribution in [0.4, 0.5) is 10.5 Å². The Morgan fingerprint density at radius 3 is 2.60 bits per heavy atom. The highest BCUT2D eigenvalue weighted by Gasteiger charge is 2.29. The lowest BCUT2D eigenvalue weighted by Crippen LogP contribution is -2.34. The maximum Gasteiger partial charge on any atom is 0.319 e. The van der Waals surface area contributed by atoms with Crippen LogP contribution in [0.25, 0.3) is 0 Å². The Hall–Kier alpha value is -2.82. The van der Waals surface area contributed by atoms with Crippen LogP contribution < -0.4 is 10.6 Å². The number of aryl methyl sites for hydroxylation is 1. The van der Waals surface area contributed by atoms with Crippen LogP contribution in [-0.4, -0.2) is 29.9 Å². The highest BCUT2D eigenvalue weighted by Crippen LogP contribution is 2.20. The first-order valence-electron chi connectivity index (χ1n) is 8.54. The predicted molar refractivity (Wildman–Crippen MR) is 98.2 cm³/mol. The summed E-state index contributed by atoms with van der Waals surface area (Å²) < 4.78 is 0. The van der Waals surface area contributed by atoms with E-state index in [1.54, 1.807) is 0 Å². The first-order valence-corrected chi connectivity index (χ1v) is 8.54. The van der Waals surface area contributed by atoms with Crippen molar-refractivity contribution in [1.82, 2.24) is 10.2 Å². The van der Waals surface area contributed by atoms with Crippen molar-refractivity contribution in [3.8, 4) is 0 Å². The fraction of sp³-hybridized carbons (Fsp3) is 0.300. The normalized spacial score (nSPS) is 16.8. The van der Waals surface area contributed by atoms with Gasteiger partial charge in [0.15, 0.2) is 0 Å². The molecule has 1 aliphatic heterocycles. The second-order valence-corrected chi connectivity index (χ2v) is 6.48. The Kier molecular flexibility index (Phi) is 5.33. The maximum atomic E-state index is 12.2. The van der Waals surface area contributed by atoms with Gasteiger partial charge in [-0.05, 0) is 24.1 Å². The molecular weight excluding hydrogens is 314 g/mol. The van der Waals surface area contributed by atoms with Gasteiger partial charge in [-0.15, -0.1) is 0 Å². The summed E-state index contributed by atoms with van der Waals surface area (Å²) in [6, 6.07) is 17.4. The summed E-state index contributed by atoms with van der Waals surface area (Å²) in [4.78, 5) is 26.1. The van der Waals surface area contributed by atoms with Crippen LogP contribution in [0.1, 0.15) is 17.5 Å². The number of likely N-dealkylation sites (tertiary alicyclic amines) is 1. The number of carbonyl (C=O) groups excluding carboxylic acids is 2. The molecule has 0 aliphatic carbocycles. The lowest BCUT2D eigenvalue weighted by molar-refractivity contribution is -0.128. The third-order valence-corrected chi connectivity index (χ3v) is 4.46. The van der Waals surface area contributed by atoms with Gasteiger partial charge in [-0.3, -0.25) is 4.79 Å². The molecule has 5 nitrogen and oxygen atoms in total. The van der Waals surface area contributed by atoms with Crippen LogP contribution >= 0.6 is 0 Å². The van der Waals surface area contributed by atoms with E-state index >= 15 is 0 Å². The average molecular weight is 337 g/mol. The van der Waals surface area contributed by atoms with Crippen molar-refractivity contribution in [2.45, 2.75) is 19.9 Å². The van der Waals surface area contributed by atoms with Gasteiger partial charge < -0.3 is 15.5 Å². The number of hydrogen-bond donors (Lipinski definition) is 2. The van der Waals surface area contributed by atoms with Crippen molar-refractivity contribution in [1.29, 1.82) is 0 Å². The monoisotopic (exact) mass is 337 g/mol. The van der Waals surface area contributed by atoms with Gasteiger partial charge in [0.1, 0.15) is 0 Å². The third kappa shape index (κ3) is 4.59. The van der Waals surface area contributed by atoms with Crippen molar-refractivity contribution < 1.29 is 9.59 Å². The molecule has 1 unspecified atom stereocenters. The number of rotatable bonds is 5. The summed E-state index contributed by atoms with van der Waals surface area (Å²) in [6.45, 7) is 3.76. The number of carbonyl (C=O) groups is 2. The van der Waals surface area contributed by atoms with E-state index < -0.39 is 0 Å². The van der Waals surface area contributed by atoms with E-state index in [1.165, 1.54) is 0 Å². The van der Waals surface area contributed by atoms with Gasteiger partial charge in [0, 0.05) is 37.7 Å². The van der Waals surface area contributed by atoms with Gasteiger partial charge in [-0.1, -0.05) is 48.5 Å². The van der Waals surface area contributed by atoms with Crippen LogP contribution in [0.15, 0.2) is 54.6 Å². The molecule has 1 atom stereocenters. The van der Waals surface area contributed by atoms with Crippen molar-refractivity contribution >= 4 is 17.6 Å². The highest BCUT2D eigenvalue weighted by atomic mass is 16.2.